The molecule has 2 aliphatic heterocycles. The molecule has 0 aromatic heterocycles. The average Bonchev–Trinajstić information content (AvgIpc) is 3.29. The van der Waals surface area contributed by atoms with Crippen LogP contribution in [0, 0.1) is 0 Å². The summed E-state index contributed by atoms with van der Waals surface area (Å²) < 4.78 is 11.8. The minimum absolute atomic E-state index is 0.197. The van der Waals surface area contributed by atoms with Gasteiger partial charge in [-0.15, -0.1) is 0 Å². The van der Waals surface area contributed by atoms with Crippen LogP contribution in [-0.4, -0.2) is 99.4 Å². The summed E-state index contributed by atoms with van der Waals surface area (Å²) in [7, 11) is 4.30. The van der Waals surface area contributed by atoms with Gasteiger partial charge in [-0.05, 0) is 82.4 Å². The first-order chi connectivity index (χ1) is 17.0. The number of carbonyl (C=O) groups is 2. The highest BCUT2D eigenvalue weighted by Crippen LogP contribution is 2.23. The highest BCUT2D eigenvalue weighted by atomic mass is 16.5. The Labute approximate surface area is 208 Å². The SMILES string of the molecule is CN1CCN(CCOc2ccc(C(=O)c3cc(OCCC4CCCN4C)ccc3C=O)cc2)CC1. The highest BCUT2D eigenvalue weighted by molar-refractivity contribution is 6.13. The molecule has 0 N–H and O–H groups in total. The first-order valence-corrected chi connectivity index (χ1v) is 12.6. The Hall–Kier alpha value is -2.74. The maximum absolute atomic E-state index is 13.2. The molecule has 2 heterocycles. The van der Waals surface area contributed by atoms with Crippen LogP contribution in [0.2, 0.25) is 0 Å². The lowest BCUT2D eigenvalue weighted by atomic mass is 9.98. The van der Waals surface area contributed by atoms with Crippen LogP contribution >= 0.6 is 0 Å². The fourth-order valence-electron chi connectivity index (χ4n) is 4.80. The van der Waals surface area contributed by atoms with Gasteiger partial charge in [-0.1, -0.05) is 0 Å². The van der Waals surface area contributed by atoms with Crippen LogP contribution in [0.25, 0.3) is 0 Å². The number of benzene rings is 2. The Kier molecular flexibility index (Phi) is 8.90. The van der Waals surface area contributed by atoms with Crippen molar-refractivity contribution in [1.29, 1.82) is 0 Å². The predicted molar refractivity (Wildman–Crippen MR) is 137 cm³/mol. The highest BCUT2D eigenvalue weighted by Gasteiger charge is 2.21. The van der Waals surface area contributed by atoms with Crippen molar-refractivity contribution in [2.24, 2.45) is 0 Å². The summed E-state index contributed by atoms with van der Waals surface area (Å²) in [4.78, 5) is 31.9. The zero-order valence-electron chi connectivity index (χ0n) is 20.9. The Morgan fingerprint density at radius 1 is 0.943 bits per heavy atom. The number of hydrogen-bond donors (Lipinski definition) is 0. The molecule has 7 nitrogen and oxygen atoms in total. The monoisotopic (exact) mass is 479 g/mol. The minimum Gasteiger partial charge on any atom is -0.494 e. The first kappa shape index (κ1) is 25.4. The van der Waals surface area contributed by atoms with E-state index in [2.05, 4.69) is 28.8 Å². The van der Waals surface area contributed by atoms with Crippen LogP contribution in [0.4, 0.5) is 0 Å². The van der Waals surface area contributed by atoms with Gasteiger partial charge in [0.05, 0.1) is 6.61 Å². The van der Waals surface area contributed by atoms with Gasteiger partial charge in [-0.25, -0.2) is 0 Å². The van der Waals surface area contributed by atoms with Crippen LogP contribution in [0.1, 0.15) is 45.5 Å². The minimum atomic E-state index is -0.197. The van der Waals surface area contributed by atoms with E-state index in [0.717, 1.165) is 57.7 Å². The Morgan fingerprint density at radius 2 is 1.66 bits per heavy atom. The lowest BCUT2D eigenvalue weighted by Crippen LogP contribution is -2.45. The second-order valence-electron chi connectivity index (χ2n) is 9.63. The predicted octanol–water partition coefficient (Wildman–Crippen LogP) is 3.22. The number of rotatable bonds is 11. The average molecular weight is 480 g/mol. The number of likely N-dealkylation sites (N-methyl/N-ethyl adjacent to an activating group) is 1. The number of aldehydes is 1. The molecule has 1 atom stereocenters. The van der Waals surface area contributed by atoms with Gasteiger partial charge in [0.15, 0.2) is 12.1 Å². The Bertz CT molecular complexity index is 986. The van der Waals surface area contributed by atoms with E-state index in [4.69, 9.17) is 9.47 Å². The van der Waals surface area contributed by atoms with Gasteiger partial charge in [0.1, 0.15) is 18.1 Å². The van der Waals surface area contributed by atoms with Crippen molar-refractivity contribution in [3.63, 3.8) is 0 Å². The molecule has 2 saturated heterocycles. The fraction of sp³-hybridized carbons (Fsp3) is 0.500. The molecule has 0 aliphatic carbocycles. The molecule has 0 spiro atoms. The number of ketones is 1. The summed E-state index contributed by atoms with van der Waals surface area (Å²) in [5, 5.41) is 0. The standard InChI is InChI=1S/C28H37N3O4/c1-29-13-15-31(16-14-29)17-19-35-25-8-5-22(6-9-25)28(33)27-20-26(10-7-23(27)21-32)34-18-11-24-4-3-12-30(24)2/h5-10,20-21,24H,3-4,11-19H2,1-2H3. The van der Waals surface area contributed by atoms with Gasteiger partial charge in [-0.3, -0.25) is 14.5 Å². The van der Waals surface area contributed by atoms with Crippen molar-refractivity contribution in [2.75, 3.05) is 66.6 Å². The molecule has 1 unspecified atom stereocenters. The molecule has 0 bridgehead atoms. The molecule has 2 aromatic rings. The van der Waals surface area contributed by atoms with E-state index in [1.54, 1.807) is 30.3 Å². The second kappa shape index (κ2) is 12.3. The van der Waals surface area contributed by atoms with Crippen LogP contribution < -0.4 is 9.47 Å². The summed E-state index contributed by atoms with van der Waals surface area (Å²) in [6, 6.07) is 12.8. The number of nitrogens with zero attached hydrogens (tertiary/aromatic N) is 3. The molecule has 0 radical (unpaired) electrons. The molecule has 4 rings (SSSR count). The summed E-state index contributed by atoms with van der Waals surface area (Å²) in [5.41, 5.74) is 1.24. The van der Waals surface area contributed by atoms with Crippen molar-refractivity contribution in [1.82, 2.24) is 14.7 Å². The Morgan fingerprint density at radius 3 is 2.34 bits per heavy atom. The van der Waals surface area contributed by atoms with E-state index >= 15 is 0 Å². The third kappa shape index (κ3) is 6.90. The molecule has 7 heteroatoms. The van der Waals surface area contributed by atoms with Gasteiger partial charge in [0.25, 0.3) is 0 Å². The van der Waals surface area contributed by atoms with Crippen molar-refractivity contribution in [3.05, 3.63) is 59.2 Å². The first-order valence-electron chi connectivity index (χ1n) is 12.6. The third-order valence-electron chi connectivity index (χ3n) is 7.18. The van der Waals surface area contributed by atoms with Gasteiger partial charge in [0, 0.05) is 55.5 Å². The van der Waals surface area contributed by atoms with Crippen LogP contribution in [0.15, 0.2) is 42.5 Å². The summed E-state index contributed by atoms with van der Waals surface area (Å²) >= 11 is 0. The number of ether oxygens (including phenoxy) is 2. The number of carbonyl (C=O) groups excluding carboxylic acids is 2. The fourth-order valence-corrected chi connectivity index (χ4v) is 4.80. The lowest BCUT2D eigenvalue weighted by Gasteiger charge is -2.32. The molecular formula is C28H37N3O4. The van der Waals surface area contributed by atoms with Crippen molar-refractivity contribution < 1.29 is 19.1 Å². The molecule has 188 valence electrons. The van der Waals surface area contributed by atoms with Crippen LogP contribution in [-0.2, 0) is 0 Å². The molecule has 2 aliphatic rings. The zero-order chi connectivity index (χ0) is 24.6. The summed E-state index contributed by atoms with van der Waals surface area (Å²) in [6.07, 6.45) is 4.10. The number of likely N-dealkylation sites (tertiary alicyclic amines) is 1. The smallest absolute Gasteiger partial charge is 0.193 e. The molecular weight excluding hydrogens is 442 g/mol. The van der Waals surface area contributed by atoms with Gasteiger partial charge in [0.2, 0.25) is 0 Å². The van der Waals surface area contributed by atoms with E-state index in [9.17, 15) is 9.59 Å². The van der Waals surface area contributed by atoms with E-state index in [-0.39, 0.29) is 5.78 Å². The maximum atomic E-state index is 13.2. The second-order valence-corrected chi connectivity index (χ2v) is 9.63. The van der Waals surface area contributed by atoms with Crippen LogP contribution in [0.3, 0.4) is 0 Å². The Balaban J connectivity index is 1.32. The summed E-state index contributed by atoms with van der Waals surface area (Å²) in [5.74, 6) is 1.15. The quantitative estimate of drug-likeness (QED) is 0.362. The van der Waals surface area contributed by atoms with Gasteiger partial charge >= 0.3 is 0 Å². The third-order valence-corrected chi connectivity index (χ3v) is 7.18. The van der Waals surface area contributed by atoms with E-state index in [1.807, 2.05) is 12.1 Å². The maximum Gasteiger partial charge on any atom is 0.193 e. The molecule has 35 heavy (non-hydrogen) atoms. The van der Waals surface area contributed by atoms with Gasteiger partial charge < -0.3 is 19.3 Å². The van der Waals surface area contributed by atoms with Crippen molar-refractivity contribution in [2.45, 2.75) is 25.3 Å². The van der Waals surface area contributed by atoms with Crippen molar-refractivity contribution in [3.8, 4) is 11.5 Å². The van der Waals surface area contributed by atoms with E-state index < -0.39 is 0 Å². The molecule has 0 amide bonds. The number of piperazine rings is 1. The van der Waals surface area contributed by atoms with Crippen molar-refractivity contribution >= 4 is 12.1 Å². The normalized spacial score (nSPS) is 19.5. The van der Waals surface area contributed by atoms with Crippen LogP contribution in [0.5, 0.6) is 11.5 Å². The number of hydrogen-bond acceptors (Lipinski definition) is 7. The molecule has 2 aromatic carbocycles. The lowest BCUT2D eigenvalue weighted by molar-refractivity contribution is 0.102. The molecule has 0 saturated carbocycles. The van der Waals surface area contributed by atoms with Gasteiger partial charge in [-0.2, -0.15) is 0 Å². The largest absolute Gasteiger partial charge is 0.494 e. The van der Waals surface area contributed by atoms with E-state index in [1.165, 1.54) is 12.8 Å². The topological polar surface area (TPSA) is 62.3 Å². The zero-order valence-corrected chi connectivity index (χ0v) is 20.9. The van der Waals surface area contributed by atoms with E-state index in [0.29, 0.717) is 41.7 Å². The molecule has 2 fully saturated rings. The summed E-state index contributed by atoms with van der Waals surface area (Å²) in [6.45, 7) is 7.52.